The van der Waals surface area contributed by atoms with Gasteiger partial charge < -0.3 is 0 Å². The Hall–Kier alpha value is 4.21. The van der Waals surface area contributed by atoms with Crippen LogP contribution < -0.4 is 0 Å². The molecule has 0 aromatic heterocycles. The topological polar surface area (TPSA) is 0 Å². The summed E-state index contributed by atoms with van der Waals surface area (Å²) in [6, 6.07) is 0. The molecule has 0 spiro atoms. The zero-order valence-electron chi connectivity index (χ0n) is 2.49. The Balaban J connectivity index is -0.00000000500. The fourth-order valence-corrected chi connectivity index (χ4v) is 0. The Bertz CT molecular complexity index is 8.00. The normalized spacial score (nSPS) is 1.50. The maximum absolute atomic E-state index is 3.90. The molecule has 0 heterocycles. The van der Waals surface area contributed by atoms with Crippen LogP contribution in [-0.4, -0.2) is 107 Å². The van der Waals surface area contributed by atoms with E-state index in [4.69, 9.17) is 0 Å². The van der Waals surface area contributed by atoms with Crippen LogP contribution in [0, 0.1) is 0 Å². The first-order valence-corrected chi connectivity index (χ1v) is 2.41. The van der Waals surface area contributed by atoms with Gasteiger partial charge in [-0.25, -0.2) is 0 Å². The van der Waals surface area contributed by atoms with Gasteiger partial charge in [-0.05, 0) is 11.1 Å². The van der Waals surface area contributed by atoms with Crippen LogP contribution in [0.15, 0.2) is 0 Å². The van der Waals surface area contributed by atoms with E-state index in [9.17, 15) is 0 Å². The Morgan fingerprint density at radius 2 is 1.25 bits per heavy atom. The van der Waals surface area contributed by atoms with Crippen LogP contribution in [0.3, 0.4) is 0 Å². The number of rotatable bonds is 0. The van der Waals surface area contributed by atoms with Crippen LogP contribution in [-0.2, 0) is 0 Å². The Morgan fingerprint density at radius 1 is 1.25 bits per heavy atom. The summed E-state index contributed by atoms with van der Waals surface area (Å²) in [6.45, 7) is 0. The quantitative estimate of drug-likeness (QED) is 0.573. The van der Waals surface area contributed by atoms with Crippen molar-refractivity contribution in [3.05, 3.63) is 0 Å². The molecule has 0 amide bonds. The molecular weight excluding hydrogens is 335 g/mol. The van der Waals surface area contributed by atoms with Gasteiger partial charge in [-0.2, -0.15) is 0 Å². The van der Waals surface area contributed by atoms with Gasteiger partial charge in [0.05, 0.1) is 0 Å². The van der Waals surface area contributed by atoms with Crippen molar-refractivity contribution >= 4 is 133 Å². The van der Waals surface area contributed by atoms with Gasteiger partial charge in [-0.15, -0.1) is 0 Å². The van der Waals surface area contributed by atoms with Crippen LogP contribution in [0.5, 0.6) is 0 Å². The molecule has 0 bridgehead atoms. The predicted octanol–water partition coefficient (Wildman–Crippen LogP) is 0.732. The third kappa shape index (κ3) is 9.51. The minimum Gasteiger partial charge on any atom is -0.00225 e. The molecule has 0 atom stereocenters. The van der Waals surface area contributed by atoms with Crippen molar-refractivity contribution in [2.45, 2.75) is 0 Å². The summed E-state index contributed by atoms with van der Waals surface area (Å²) in [4.78, 5) is 0. The zero-order valence-corrected chi connectivity index (χ0v) is 14.3. The molecule has 0 aliphatic heterocycles. The van der Waals surface area contributed by atoms with E-state index in [0.29, 0.717) is 0 Å². The van der Waals surface area contributed by atoms with Crippen LogP contribution in [0.25, 0.3) is 0 Å². The molecule has 4 radical (unpaired) electrons. The standard InChI is InChI=1S/Ba.BrS.Rb/c;1-2;. The van der Waals surface area contributed by atoms with Gasteiger partial charge in [0.25, 0.3) is 0 Å². The van der Waals surface area contributed by atoms with E-state index in [-0.39, 0.29) is 107 Å². The molecule has 0 fully saturated rings. The SMILES string of the molecule is [Ba].[Rb].[S]Br. The van der Waals surface area contributed by atoms with Gasteiger partial charge in [0.15, 0.2) is 0 Å². The Morgan fingerprint density at radius 3 is 1.25 bits per heavy atom. The fourth-order valence-electron chi connectivity index (χ4n) is 0. The molecule has 0 N–H and O–H groups in total. The number of halogens is 1. The molecule has 4 heavy (non-hydrogen) atoms. The summed E-state index contributed by atoms with van der Waals surface area (Å²) in [7, 11) is 0. The average molecular weight is 335 g/mol. The predicted molar refractivity (Wildman–Crippen MR) is 28.0 cm³/mol. The molecule has 0 saturated heterocycles. The Labute approximate surface area is 128 Å². The maximum Gasteiger partial charge on any atom is 0.00225 e. The van der Waals surface area contributed by atoms with E-state index in [0.717, 1.165) is 0 Å². The molecule has 16 valence electrons. The van der Waals surface area contributed by atoms with Crippen molar-refractivity contribution in [1.82, 2.24) is 0 Å². The van der Waals surface area contributed by atoms with Gasteiger partial charge in [-0.1, -0.05) is 0 Å². The summed E-state index contributed by atoms with van der Waals surface area (Å²) >= 11 is 6.42. The average Bonchev–Trinajstić information content (AvgIpc) is 1.00. The van der Waals surface area contributed by atoms with E-state index in [1.54, 1.807) is 0 Å². The summed E-state index contributed by atoms with van der Waals surface area (Å²) in [5.41, 5.74) is 0. The first-order chi connectivity index (χ1) is 1.00. The second kappa shape index (κ2) is 15.7. The molecule has 0 aliphatic carbocycles. The van der Waals surface area contributed by atoms with E-state index in [1.165, 1.54) is 0 Å². The summed E-state index contributed by atoms with van der Waals surface area (Å²) in [6.07, 6.45) is 0. The largest absolute Gasteiger partial charge is 0.00225 e. The van der Waals surface area contributed by atoms with Crippen molar-refractivity contribution in [2.24, 2.45) is 0 Å². The molecule has 0 saturated carbocycles. The molecule has 0 aromatic carbocycles. The van der Waals surface area contributed by atoms with Crippen molar-refractivity contribution in [2.75, 3.05) is 0 Å². The monoisotopic (exact) mass is 334 g/mol. The van der Waals surface area contributed by atoms with Gasteiger partial charge in [-0.3, -0.25) is 0 Å². The second-order valence-corrected chi connectivity index (χ2v) is 0. The number of hydrogen-bond donors (Lipinski definition) is 0. The summed E-state index contributed by atoms with van der Waals surface area (Å²) < 4.78 is 0. The Kier molecular flexibility index (Phi) is 61.7. The first kappa shape index (κ1) is 15.7. The third-order valence-corrected chi connectivity index (χ3v) is 0. The number of hydrogen-bond acceptors (Lipinski definition) is 0. The summed E-state index contributed by atoms with van der Waals surface area (Å²) in [5, 5.41) is 0. The van der Waals surface area contributed by atoms with E-state index >= 15 is 0 Å². The van der Waals surface area contributed by atoms with Crippen LogP contribution >= 0.6 is 25.9 Å². The molecule has 0 rings (SSSR count). The molecular formula is BaBrRbS. The van der Waals surface area contributed by atoms with Crippen LogP contribution in [0.1, 0.15) is 0 Å². The van der Waals surface area contributed by atoms with Crippen LogP contribution in [0.2, 0.25) is 0 Å². The smallest absolute Gasteiger partial charge is 0.00225 e. The van der Waals surface area contributed by atoms with Crippen LogP contribution in [0.4, 0.5) is 0 Å². The van der Waals surface area contributed by atoms with Crippen molar-refractivity contribution in [1.29, 1.82) is 0 Å². The molecule has 0 aliphatic rings. The van der Waals surface area contributed by atoms with Crippen molar-refractivity contribution < 1.29 is 0 Å². The van der Waals surface area contributed by atoms with E-state index < -0.39 is 0 Å². The van der Waals surface area contributed by atoms with E-state index in [1.807, 2.05) is 0 Å². The van der Waals surface area contributed by atoms with Crippen molar-refractivity contribution in [3.8, 4) is 0 Å². The first-order valence-electron chi connectivity index (χ1n) is 0.154. The zero-order chi connectivity index (χ0) is 2.00. The molecule has 0 unspecified atom stereocenters. The molecule has 0 aromatic rings. The molecule has 0 nitrogen and oxygen atoms in total. The second-order valence-electron chi connectivity index (χ2n) is 0. The van der Waals surface area contributed by atoms with Crippen molar-refractivity contribution in [3.63, 3.8) is 0 Å². The van der Waals surface area contributed by atoms with Gasteiger partial charge in [0.2, 0.25) is 0 Å². The maximum atomic E-state index is 3.90. The van der Waals surface area contributed by atoms with Gasteiger partial charge in [0.1, 0.15) is 0 Å². The van der Waals surface area contributed by atoms with Gasteiger partial charge in [0, 0.05) is 122 Å². The molecule has 4 heteroatoms. The fraction of sp³-hybridized carbons (Fsp3) is 0. The summed E-state index contributed by atoms with van der Waals surface area (Å²) in [5.74, 6) is 0. The van der Waals surface area contributed by atoms with Gasteiger partial charge >= 0.3 is 0 Å². The minimum absolute atomic E-state index is 0. The van der Waals surface area contributed by atoms with E-state index in [2.05, 4.69) is 25.9 Å². The minimum atomic E-state index is 0. The third-order valence-electron chi connectivity index (χ3n) is 0.